The van der Waals surface area contributed by atoms with E-state index in [4.69, 9.17) is 8.94 Å². The van der Waals surface area contributed by atoms with Gasteiger partial charge < -0.3 is 13.8 Å². The lowest BCUT2D eigenvalue weighted by atomic mass is 10.3. The van der Waals surface area contributed by atoms with Crippen molar-refractivity contribution in [3.63, 3.8) is 0 Å². The highest BCUT2D eigenvalue weighted by Gasteiger charge is 2.24. The summed E-state index contributed by atoms with van der Waals surface area (Å²) in [5.74, 6) is 1.54. The summed E-state index contributed by atoms with van der Waals surface area (Å²) in [5, 5.41) is 3.77. The molecule has 21 heavy (non-hydrogen) atoms. The zero-order chi connectivity index (χ0) is 14.8. The maximum absolute atomic E-state index is 12.2. The van der Waals surface area contributed by atoms with Crippen LogP contribution in [-0.2, 0) is 6.54 Å². The number of aromatic nitrogens is 2. The highest BCUT2D eigenvalue weighted by Crippen LogP contribution is 2.17. The monoisotopic (exact) mass is 354 g/mol. The summed E-state index contributed by atoms with van der Waals surface area (Å²) in [6, 6.07) is 3.40. The van der Waals surface area contributed by atoms with Gasteiger partial charge in [-0.2, -0.15) is 4.98 Å². The van der Waals surface area contributed by atoms with Crippen molar-refractivity contribution in [1.82, 2.24) is 19.9 Å². The minimum Gasteiger partial charge on any atom is -0.444 e. The molecule has 0 spiro atoms. The average molecular weight is 355 g/mol. The fraction of sp³-hybridized carbons (Fsp3) is 0.462. The van der Waals surface area contributed by atoms with E-state index < -0.39 is 0 Å². The molecule has 0 bridgehead atoms. The molecule has 1 aliphatic heterocycles. The number of aryl methyl sites for hydroxylation is 1. The number of hydrogen-bond acceptors (Lipinski definition) is 6. The maximum Gasteiger partial charge on any atom is 0.289 e. The van der Waals surface area contributed by atoms with Gasteiger partial charge in [0, 0.05) is 26.2 Å². The van der Waals surface area contributed by atoms with Crippen LogP contribution >= 0.6 is 15.9 Å². The van der Waals surface area contributed by atoms with E-state index in [1.807, 2.05) is 0 Å². The third kappa shape index (κ3) is 3.33. The molecule has 0 aromatic carbocycles. The SMILES string of the molecule is Cc1noc(CN2CCN(C(=O)c3ccc(Br)o3)CC2)n1. The summed E-state index contributed by atoms with van der Waals surface area (Å²) in [6.45, 7) is 5.28. The molecule has 8 heteroatoms. The Bertz CT molecular complexity index is 631. The summed E-state index contributed by atoms with van der Waals surface area (Å²) in [4.78, 5) is 20.4. The van der Waals surface area contributed by atoms with Crippen LogP contribution < -0.4 is 0 Å². The van der Waals surface area contributed by atoms with Crippen molar-refractivity contribution in [2.45, 2.75) is 13.5 Å². The zero-order valence-electron chi connectivity index (χ0n) is 11.6. The number of furan rings is 1. The Morgan fingerprint density at radius 2 is 2.10 bits per heavy atom. The Kier molecular flexibility index (Phi) is 4.07. The molecule has 0 saturated carbocycles. The van der Waals surface area contributed by atoms with Gasteiger partial charge in [-0.05, 0) is 35.0 Å². The molecular weight excluding hydrogens is 340 g/mol. The summed E-state index contributed by atoms with van der Waals surface area (Å²) in [6.07, 6.45) is 0. The van der Waals surface area contributed by atoms with Gasteiger partial charge in [0.1, 0.15) is 0 Å². The molecule has 1 amide bonds. The van der Waals surface area contributed by atoms with E-state index in [2.05, 4.69) is 31.0 Å². The first-order valence-corrected chi connectivity index (χ1v) is 7.47. The summed E-state index contributed by atoms with van der Waals surface area (Å²) in [7, 11) is 0. The van der Waals surface area contributed by atoms with Gasteiger partial charge in [0.2, 0.25) is 5.89 Å². The standard InChI is InChI=1S/C13H15BrN4O3/c1-9-15-12(21-16-9)8-17-4-6-18(7-5-17)13(19)10-2-3-11(14)20-10/h2-3H,4-8H2,1H3. The molecule has 3 rings (SSSR count). The number of rotatable bonds is 3. The smallest absolute Gasteiger partial charge is 0.289 e. The summed E-state index contributed by atoms with van der Waals surface area (Å²) >= 11 is 3.20. The van der Waals surface area contributed by atoms with E-state index in [9.17, 15) is 4.79 Å². The van der Waals surface area contributed by atoms with Crippen LogP contribution in [-0.4, -0.2) is 52.0 Å². The molecule has 1 aliphatic rings. The van der Waals surface area contributed by atoms with Crippen molar-refractivity contribution in [3.8, 4) is 0 Å². The van der Waals surface area contributed by atoms with Crippen LogP contribution in [0.15, 0.2) is 25.7 Å². The molecule has 1 saturated heterocycles. The third-order valence-corrected chi connectivity index (χ3v) is 3.80. The predicted molar refractivity (Wildman–Crippen MR) is 76.6 cm³/mol. The molecule has 0 atom stereocenters. The number of carbonyl (C=O) groups excluding carboxylic acids is 1. The van der Waals surface area contributed by atoms with E-state index in [1.54, 1.807) is 24.0 Å². The van der Waals surface area contributed by atoms with Crippen LogP contribution in [0.4, 0.5) is 0 Å². The van der Waals surface area contributed by atoms with Gasteiger partial charge in [0.15, 0.2) is 16.3 Å². The normalized spacial score (nSPS) is 16.4. The number of piperazine rings is 1. The Morgan fingerprint density at radius 1 is 1.33 bits per heavy atom. The van der Waals surface area contributed by atoms with Crippen LogP contribution in [0.25, 0.3) is 0 Å². The Morgan fingerprint density at radius 3 is 2.67 bits per heavy atom. The van der Waals surface area contributed by atoms with E-state index >= 15 is 0 Å². The first-order chi connectivity index (χ1) is 10.1. The second-order valence-corrected chi connectivity index (χ2v) is 5.69. The van der Waals surface area contributed by atoms with Crippen LogP contribution in [0.5, 0.6) is 0 Å². The molecule has 0 radical (unpaired) electrons. The minimum atomic E-state index is -0.0750. The molecule has 0 unspecified atom stereocenters. The molecule has 3 heterocycles. The maximum atomic E-state index is 12.2. The average Bonchev–Trinajstić information content (AvgIpc) is 3.08. The van der Waals surface area contributed by atoms with Crippen molar-refractivity contribution in [2.24, 2.45) is 0 Å². The minimum absolute atomic E-state index is 0.0750. The molecule has 2 aromatic rings. The van der Waals surface area contributed by atoms with E-state index in [0.717, 1.165) is 13.1 Å². The molecule has 0 N–H and O–H groups in total. The lowest BCUT2D eigenvalue weighted by Crippen LogP contribution is -2.48. The quantitative estimate of drug-likeness (QED) is 0.834. The van der Waals surface area contributed by atoms with E-state index in [1.165, 1.54) is 0 Å². The first kappa shape index (κ1) is 14.3. The predicted octanol–water partition coefficient (Wildman–Crippen LogP) is 1.69. The van der Waals surface area contributed by atoms with Crippen LogP contribution in [0.1, 0.15) is 22.3 Å². The molecule has 7 nitrogen and oxygen atoms in total. The lowest BCUT2D eigenvalue weighted by Gasteiger charge is -2.33. The highest BCUT2D eigenvalue weighted by atomic mass is 79.9. The Hall–Kier alpha value is -1.67. The van der Waals surface area contributed by atoms with Gasteiger partial charge in [-0.25, -0.2) is 0 Å². The Balaban J connectivity index is 1.54. The number of halogens is 1. The van der Waals surface area contributed by atoms with E-state index in [-0.39, 0.29) is 5.91 Å². The van der Waals surface area contributed by atoms with Crippen LogP contribution in [0.2, 0.25) is 0 Å². The molecule has 1 fully saturated rings. The molecule has 0 aliphatic carbocycles. The number of carbonyl (C=O) groups is 1. The number of amides is 1. The Labute approximate surface area is 130 Å². The molecule has 2 aromatic heterocycles. The van der Waals surface area contributed by atoms with Crippen molar-refractivity contribution in [2.75, 3.05) is 26.2 Å². The summed E-state index contributed by atoms with van der Waals surface area (Å²) < 4.78 is 11.0. The summed E-state index contributed by atoms with van der Waals surface area (Å²) in [5.41, 5.74) is 0. The first-order valence-electron chi connectivity index (χ1n) is 6.68. The fourth-order valence-corrected chi connectivity index (χ4v) is 2.60. The lowest BCUT2D eigenvalue weighted by molar-refractivity contribution is 0.0583. The van der Waals surface area contributed by atoms with Gasteiger partial charge in [-0.1, -0.05) is 5.16 Å². The van der Waals surface area contributed by atoms with Crippen molar-refractivity contribution < 1.29 is 13.7 Å². The third-order valence-electron chi connectivity index (χ3n) is 3.37. The van der Waals surface area contributed by atoms with Gasteiger partial charge in [0.05, 0.1) is 6.54 Å². The van der Waals surface area contributed by atoms with Gasteiger partial charge in [0.25, 0.3) is 5.91 Å². The van der Waals surface area contributed by atoms with Crippen molar-refractivity contribution in [1.29, 1.82) is 0 Å². The van der Waals surface area contributed by atoms with E-state index in [0.29, 0.717) is 41.8 Å². The van der Waals surface area contributed by atoms with Gasteiger partial charge in [-0.15, -0.1) is 0 Å². The van der Waals surface area contributed by atoms with Crippen molar-refractivity contribution >= 4 is 21.8 Å². The largest absolute Gasteiger partial charge is 0.444 e. The molecular formula is C13H15BrN4O3. The van der Waals surface area contributed by atoms with Crippen LogP contribution in [0.3, 0.4) is 0 Å². The highest BCUT2D eigenvalue weighted by molar-refractivity contribution is 9.10. The number of hydrogen-bond donors (Lipinski definition) is 0. The van der Waals surface area contributed by atoms with Gasteiger partial charge in [-0.3, -0.25) is 9.69 Å². The molecule has 112 valence electrons. The topological polar surface area (TPSA) is 75.6 Å². The second kappa shape index (κ2) is 5.98. The van der Waals surface area contributed by atoms with Crippen LogP contribution in [0, 0.1) is 6.92 Å². The van der Waals surface area contributed by atoms with Gasteiger partial charge >= 0.3 is 0 Å². The fourth-order valence-electron chi connectivity index (χ4n) is 2.29. The number of nitrogens with zero attached hydrogens (tertiary/aromatic N) is 4. The second-order valence-electron chi connectivity index (χ2n) is 4.91. The van der Waals surface area contributed by atoms with Crippen molar-refractivity contribution in [3.05, 3.63) is 34.3 Å². The zero-order valence-corrected chi connectivity index (χ0v) is 13.2.